The summed E-state index contributed by atoms with van der Waals surface area (Å²) in [6.07, 6.45) is 1.73. The number of aromatic nitrogens is 1. The van der Waals surface area contributed by atoms with Crippen LogP contribution in [0.25, 0.3) is 0 Å². The number of benzene rings is 1. The Kier molecular flexibility index (Phi) is 4.24. The number of nitrogens with two attached hydrogens (primary N) is 2. The summed E-state index contributed by atoms with van der Waals surface area (Å²) < 4.78 is 14.6. The van der Waals surface area contributed by atoms with E-state index in [0.29, 0.717) is 11.1 Å². The van der Waals surface area contributed by atoms with Gasteiger partial charge < -0.3 is 16.8 Å². The third kappa shape index (κ3) is 2.70. The molecule has 0 fully saturated rings. The fourth-order valence-corrected chi connectivity index (χ4v) is 2.85. The van der Waals surface area contributed by atoms with Crippen molar-refractivity contribution in [1.29, 1.82) is 10.5 Å². The van der Waals surface area contributed by atoms with E-state index in [1.165, 1.54) is 12.1 Å². The third-order valence-electron chi connectivity index (χ3n) is 3.93. The predicted molar refractivity (Wildman–Crippen MR) is 95.6 cm³/mol. The van der Waals surface area contributed by atoms with Crippen LogP contribution < -0.4 is 22.1 Å². The molecule has 0 amide bonds. The van der Waals surface area contributed by atoms with Gasteiger partial charge in [0.15, 0.2) is 6.19 Å². The van der Waals surface area contributed by atoms with Gasteiger partial charge in [-0.05, 0) is 24.6 Å². The average molecular weight is 371 g/mol. The van der Waals surface area contributed by atoms with Gasteiger partial charge in [0.2, 0.25) is 5.96 Å². The van der Waals surface area contributed by atoms with E-state index in [4.69, 9.17) is 28.3 Å². The number of nitrogen functional groups attached to an aromatic ring is 2. The largest absolute Gasteiger partial charge is 0.397 e. The van der Waals surface area contributed by atoms with E-state index < -0.39 is 11.9 Å². The van der Waals surface area contributed by atoms with Gasteiger partial charge >= 0.3 is 0 Å². The number of rotatable bonds is 1. The minimum Gasteiger partial charge on any atom is -0.397 e. The highest BCUT2D eigenvalue weighted by molar-refractivity contribution is 6.31. The number of halogens is 2. The lowest BCUT2D eigenvalue weighted by molar-refractivity contribution is 0.598. The molecule has 0 spiro atoms. The maximum absolute atomic E-state index is 14.6. The molecule has 1 aromatic heterocycles. The molecule has 3 rings (SSSR count). The molecule has 2 aromatic rings. The maximum atomic E-state index is 14.6. The third-order valence-corrected chi connectivity index (χ3v) is 4.34. The molecule has 130 valence electrons. The first-order chi connectivity index (χ1) is 12.4. The molecule has 1 aliphatic rings. The highest BCUT2D eigenvalue weighted by Gasteiger charge is 2.31. The van der Waals surface area contributed by atoms with Gasteiger partial charge in [-0.2, -0.15) is 10.5 Å². The van der Waals surface area contributed by atoms with Crippen LogP contribution in [0.4, 0.5) is 21.7 Å². The van der Waals surface area contributed by atoms with Crippen LogP contribution in [0.15, 0.2) is 17.1 Å². The van der Waals surface area contributed by atoms with Crippen LogP contribution in [-0.4, -0.2) is 10.9 Å². The van der Waals surface area contributed by atoms with Gasteiger partial charge in [0.25, 0.3) is 0 Å². The summed E-state index contributed by atoms with van der Waals surface area (Å²) in [4.78, 5) is 8.41. The van der Waals surface area contributed by atoms with Gasteiger partial charge in [-0.15, -0.1) is 0 Å². The van der Waals surface area contributed by atoms with Crippen LogP contribution in [0.2, 0.25) is 5.02 Å². The lowest BCUT2D eigenvalue weighted by atomic mass is 9.94. The summed E-state index contributed by atoms with van der Waals surface area (Å²) in [6.45, 7) is 1.72. The Bertz CT molecular complexity index is 1030. The van der Waals surface area contributed by atoms with Crippen LogP contribution in [0, 0.1) is 35.5 Å². The van der Waals surface area contributed by atoms with Crippen molar-refractivity contribution >= 4 is 34.9 Å². The topological polar surface area (TPSA) is 149 Å². The number of anilines is 3. The van der Waals surface area contributed by atoms with Crippen LogP contribution >= 0.6 is 11.6 Å². The number of aliphatic imine (C=N–C) groups is 1. The Morgan fingerprint density at radius 2 is 2.08 bits per heavy atom. The van der Waals surface area contributed by atoms with Crippen LogP contribution in [-0.2, 0) is 0 Å². The molecule has 1 aromatic carbocycles. The van der Waals surface area contributed by atoms with E-state index in [0.717, 1.165) is 0 Å². The summed E-state index contributed by atoms with van der Waals surface area (Å²) in [5.74, 6) is -0.453. The van der Waals surface area contributed by atoms with Crippen LogP contribution in [0.3, 0.4) is 0 Å². The molecule has 0 radical (unpaired) electrons. The molecule has 0 bridgehead atoms. The molecule has 1 atom stereocenters. The molecular weight excluding hydrogens is 359 g/mol. The Morgan fingerprint density at radius 1 is 1.35 bits per heavy atom. The summed E-state index contributed by atoms with van der Waals surface area (Å²) in [7, 11) is 0. The monoisotopic (exact) mass is 370 g/mol. The number of hydrogen-bond donors (Lipinski definition) is 4. The minimum atomic E-state index is -0.946. The number of nitrogens with zero attached hydrogens (tertiary/aromatic N) is 4. The number of nitrogens with one attached hydrogen (secondary N) is 2. The predicted octanol–water partition coefficient (Wildman–Crippen LogP) is 2.16. The Labute approximate surface area is 152 Å². The molecule has 2 heterocycles. The number of nitriles is 2. The molecule has 6 N–H and O–H groups in total. The summed E-state index contributed by atoms with van der Waals surface area (Å²) >= 11 is 5.96. The van der Waals surface area contributed by atoms with E-state index in [2.05, 4.69) is 20.6 Å². The SMILES string of the molecule is Cc1cc(C2N=C(NC#N)Nc3nc(N)c(C#N)c(N)c32)c(F)cc1Cl. The average Bonchev–Trinajstić information content (AvgIpc) is 2.58. The highest BCUT2D eigenvalue weighted by atomic mass is 35.5. The van der Waals surface area contributed by atoms with Crippen molar-refractivity contribution < 1.29 is 4.39 Å². The quantitative estimate of drug-likeness (QED) is 0.443. The van der Waals surface area contributed by atoms with Crippen molar-refractivity contribution in [2.75, 3.05) is 16.8 Å². The first kappa shape index (κ1) is 17.3. The minimum absolute atomic E-state index is 0.0199. The van der Waals surface area contributed by atoms with E-state index in [-0.39, 0.29) is 39.4 Å². The van der Waals surface area contributed by atoms with Crippen molar-refractivity contribution in [2.24, 2.45) is 4.99 Å². The van der Waals surface area contributed by atoms with Crippen LogP contribution in [0.1, 0.15) is 28.3 Å². The molecule has 8 nitrogen and oxygen atoms in total. The van der Waals surface area contributed by atoms with E-state index in [1.54, 1.807) is 13.1 Å². The molecule has 1 unspecified atom stereocenters. The van der Waals surface area contributed by atoms with Crippen molar-refractivity contribution in [2.45, 2.75) is 13.0 Å². The number of fused-ring (bicyclic) bond motifs is 1. The molecule has 10 heteroatoms. The van der Waals surface area contributed by atoms with Crippen molar-refractivity contribution in [3.05, 3.63) is 45.2 Å². The molecule has 26 heavy (non-hydrogen) atoms. The summed E-state index contributed by atoms with van der Waals surface area (Å²) in [5, 5.41) is 23.5. The van der Waals surface area contributed by atoms with Crippen molar-refractivity contribution in [3.8, 4) is 12.3 Å². The van der Waals surface area contributed by atoms with Gasteiger partial charge in [0.05, 0.1) is 5.69 Å². The second-order valence-corrected chi connectivity index (χ2v) is 5.93. The first-order valence-electron chi connectivity index (χ1n) is 7.31. The second kappa shape index (κ2) is 6.39. The molecular formula is C16H12ClFN8. The van der Waals surface area contributed by atoms with Crippen LogP contribution in [0.5, 0.6) is 0 Å². The molecule has 1 aliphatic heterocycles. The fraction of sp³-hybridized carbons (Fsp3) is 0.125. The summed E-state index contributed by atoms with van der Waals surface area (Å²) in [6, 6.07) is 3.65. The number of hydrogen-bond acceptors (Lipinski definition) is 8. The van der Waals surface area contributed by atoms with E-state index in [9.17, 15) is 9.65 Å². The Morgan fingerprint density at radius 3 is 2.73 bits per heavy atom. The van der Waals surface area contributed by atoms with Crippen molar-refractivity contribution in [1.82, 2.24) is 10.3 Å². The smallest absolute Gasteiger partial charge is 0.211 e. The summed E-state index contributed by atoms with van der Waals surface area (Å²) in [5.41, 5.74) is 13.0. The first-order valence-corrected chi connectivity index (χ1v) is 7.69. The highest BCUT2D eigenvalue weighted by Crippen LogP contribution is 2.41. The maximum Gasteiger partial charge on any atom is 0.211 e. The zero-order valence-electron chi connectivity index (χ0n) is 13.4. The van der Waals surface area contributed by atoms with Gasteiger partial charge in [-0.25, -0.2) is 14.4 Å². The Balaban J connectivity index is 2.30. The molecule has 0 saturated heterocycles. The van der Waals surface area contributed by atoms with E-state index in [1.807, 2.05) is 6.07 Å². The standard InChI is InChI=1S/C16H12ClFN8/c1-6-2-7(10(18)3-9(6)17)13-11-12(21)8(4-19)14(22)25-15(11)26-16(24-13)23-5-20/h2-3,13H,1H3,(H6,21,22,23,24,25,26). The lowest BCUT2D eigenvalue weighted by Crippen LogP contribution is -2.33. The lowest BCUT2D eigenvalue weighted by Gasteiger charge is -2.26. The zero-order chi connectivity index (χ0) is 19.0. The van der Waals surface area contributed by atoms with Gasteiger partial charge in [-0.3, -0.25) is 5.32 Å². The normalized spacial score (nSPS) is 15.1. The number of guanidine groups is 1. The Hall–Kier alpha value is -3.56. The van der Waals surface area contributed by atoms with Gasteiger partial charge in [0, 0.05) is 16.1 Å². The second-order valence-electron chi connectivity index (χ2n) is 5.52. The van der Waals surface area contributed by atoms with Gasteiger partial charge in [0.1, 0.15) is 35.1 Å². The van der Waals surface area contributed by atoms with E-state index >= 15 is 0 Å². The molecule has 0 aliphatic carbocycles. The van der Waals surface area contributed by atoms with Crippen molar-refractivity contribution in [3.63, 3.8) is 0 Å². The molecule has 0 saturated carbocycles. The zero-order valence-corrected chi connectivity index (χ0v) is 14.2. The number of aryl methyl sites for hydroxylation is 1. The van der Waals surface area contributed by atoms with Gasteiger partial charge in [-0.1, -0.05) is 11.6 Å². The number of pyridine rings is 1. The fourth-order valence-electron chi connectivity index (χ4n) is 2.70.